The fourth-order valence-electron chi connectivity index (χ4n) is 1.44. The Balaban J connectivity index is 1.70. The smallest absolute Gasteiger partial charge is 0.279 e. The maximum Gasteiger partial charge on any atom is 0.279 e. The molecule has 98 valence electrons. The fourth-order valence-corrected chi connectivity index (χ4v) is 2.06. The highest BCUT2D eigenvalue weighted by Crippen LogP contribution is 2.07. The van der Waals surface area contributed by atoms with E-state index < -0.39 is 12.0 Å². The number of hydrogen-bond acceptors (Lipinski definition) is 6. The van der Waals surface area contributed by atoms with Crippen LogP contribution in [0.4, 0.5) is 0 Å². The van der Waals surface area contributed by atoms with Crippen LogP contribution >= 0.6 is 11.3 Å². The molecule has 1 aliphatic rings. The summed E-state index contributed by atoms with van der Waals surface area (Å²) in [6.45, 7) is 0.433. The number of hydrazine groups is 1. The van der Waals surface area contributed by atoms with Gasteiger partial charge < -0.3 is 5.11 Å². The van der Waals surface area contributed by atoms with E-state index in [1.807, 2.05) is 0 Å². The molecule has 2 rings (SSSR count). The summed E-state index contributed by atoms with van der Waals surface area (Å²) in [5.41, 5.74) is 4.57. The van der Waals surface area contributed by atoms with E-state index in [0.717, 1.165) is 0 Å². The van der Waals surface area contributed by atoms with Gasteiger partial charge in [0.25, 0.3) is 11.8 Å². The van der Waals surface area contributed by atoms with Crippen LogP contribution in [0.2, 0.25) is 0 Å². The lowest BCUT2D eigenvalue weighted by Gasteiger charge is -2.13. The normalized spacial score (nSPS) is 19.7. The Kier molecular flexibility index (Phi) is 4.26. The van der Waals surface area contributed by atoms with Gasteiger partial charge >= 0.3 is 0 Å². The molecular weight excluding hydrogens is 258 g/mol. The molecule has 1 aromatic heterocycles. The number of hydrogen-bond donors (Lipinski definition) is 3. The number of hydroxylamine groups is 2. The first kappa shape index (κ1) is 13.0. The van der Waals surface area contributed by atoms with Crippen LogP contribution in [0.3, 0.4) is 0 Å². The van der Waals surface area contributed by atoms with Gasteiger partial charge in [-0.1, -0.05) is 6.07 Å². The fraction of sp³-hybridized carbons (Fsp3) is 0.400. The van der Waals surface area contributed by atoms with Crippen LogP contribution in [0, 0.1) is 0 Å². The zero-order valence-electron chi connectivity index (χ0n) is 9.46. The minimum atomic E-state index is -0.571. The van der Waals surface area contributed by atoms with E-state index in [9.17, 15) is 14.7 Å². The predicted octanol–water partition coefficient (Wildman–Crippen LogP) is -0.883. The van der Waals surface area contributed by atoms with E-state index in [0.29, 0.717) is 4.88 Å². The first-order chi connectivity index (χ1) is 8.65. The standard InChI is InChI=1S/C10H13N3O4S/c14-7-4-13(17-6-7)5-9(15)11-12-10(16)8-2-1-3-18-8/h1-3,7,14H,4-6H2,(H,11,15)(H,12,16). The summed E-state index contributed by atoms with van der Waals surface area (Å²) in [7, 11) is 0. The second-order valence-corrected chi connectivity index (χ2v) is 4.70. The summed E-state index contributed by atoms with van der Waals surface area (Å²) < 4.78 is 0. The summed E-state index contributed by atoms with van der Waals surface area (Å²) in [4.78, 5) is 28.5. The van der Waals surface area contributed by atoms with Crippen molar-refractivity contribution in [3.63, 3.8) is 0 Å². The Bertz CT molecular complexity index is 423. The number of aliphatic hydroxyl groups is 1. The number of amides is 2. The average molecular weight is 271 g/mol. The molecular formula is C10H13N3O4S. The Labute approximate surface area is 107 Å². The molecule has 7 nitrogen and oxygen atoms in total. The van der Waals surface area contributed by atoms with Gasteiger partial charge in [0, 0.05) is 0 Å². The number of nitrogens with one attached hydrogen (secondary N) is 2. The van der Waals surface area contributed by atoms with E-state index in [2.05, 4.69) is 10.9 Å². The zero-order valence-corrected chi connectivity index (χ0v) is 10.3. The van der Waals surface area contributed by atoms with Crippen molar-refractivity contribution in [2.24, 2.45) is 0 Å². The molecule has 18 heavy (non-hydrogen) atoms. The molecule has 0 bridgehead atoms. The summed E-state index contributed by atoms with van der Waals surface area (Å²) >= 11 is 1.28. The molecule has 8 heteroatoms. The van der Waals surface area contributed by atoms with Gasteiger partial charge in [-0.25, -0.2) is 0 Å². The van der Waals surface area contributed by atoms with E-state index in [1.54, 1.807) is 17.5 Å². The lowest BCUT2D eigenvalue weighted by molar-refractivity contribution is -0.142. The number of carbonyl (C=O) groups is 2. The highest BCUT2D eigenvalue weighted by atomic mass is 32.1. The molecule has 2 amide bonds. The molecule has 0 spiro atoms. The number of aliphatic hydroxyl groups excluding tert-OH is 1. The first-order valence-electron chi connectivity index (χ1n) is 5.34. The van der Waals surface area contributed by atoms with Crippen LogP contribution in [-0.4, -0.2) is 47.8 Å². The molecule has 0 radical (unpaired) electrons. The van der Waals surface area contributed by atoms with Crippen molar-refractivity contribution >= 4 is 23.2 Å². The third kappa shape index (κ3) is 3.50. The minimum Gasteiger partial charge on any atom is -0.389 e. The lowest BCUT2D eigenvalue weighted by Crippen LogP contribution is -2.45. The van der Waals surface area contributed by atoms with Crippen LogP contribution < -0.4 is 10.9 Å². The number of β-amino-alcohol motifs (C(OH)–C–C–N with tert-alkyl or cyclic N) is 1. The van der Waals surface area contributed by atoms with Gasteiger partial charge in [-0.3, -0.25) is 25.3 Å². The molecule has 2 heterocycles. The molecule has 3 N–H and O–H groups in total. The quantitative estimate of drug-likeness (QED) is 0.621. The van der Waals surface area contributed by atoms with Crippen molar-refractivity contribution in [1.29, 1.82) is 0 Å². The first-order valence-corrected chi connectivity index (χ1v) is 6.22. The van der Waals surface area contributed by atoms with Gasteiger partial charge in [0.15, 0.2) is 0 Å². The SMILES string of the molecule is O=C(CN1CC(O)CO1)NNC(=O)c1cccs1. The molecule has 1 aliphatic heterocycles. The summed E-state index contributed by atoms with van der Waals surface area (Å²) in [6.07, 6.45) is -0.571. The summed E-state index contributed by atoms with van der Waals surface area (Å²) in [5, 5.41) is 12.3. The number of thiophene rings is 1. The Morgan fingerprint density at radius 1 is 1.56 bits per heavy atom. The van der Waals surface area contributed by atoms with Gasteiger partial charge in [-0.15, -0.1) is 11.3 Å². The monoisotopic (exact) mass is 271 g/mol. The zero-order chi connectivity index (χ0) is 13.0. The maximum absolute atomic E-state index is 11.5. The second kappa shape index (κ2) is 5.91. The Hall–Kier alpha value is -1.48. The van der Waals surface area contributed by atoms with Crippen molar-refractivity contribution in [2.45, 2.75) is 6.10 Å². The molecule has 1 unspecified atom stereocenters. The highest BCUT2D eigenvalue weighted by molar-refractivity contribution is 7.12. The molecule has 0 aromatic carbocycles. The van der Waals surface area contributed by atoms with Gasteiger partial charge in [-0.2, -0.15) is 5.06 Å². The summed E-state index contributed by atoms with van der Waals surface area (Å²) in [6, 6.07) is 3.41. The Morgan fingerprint density at radius 3 is 3.00 bits per heavy atom. The molecule has 1 atom stereocenters. The van der Waals surface area contributed by atoms with Crippen molar-refractivity contribution in [1.82, 2.24) is 15.9 Å². The Morgan fingerprint density at radius 2 is 2.39 bits per heavy atom. The van der Waals surface area contributed by atoms with E-state index in [4.69, 9.17) is 4.84 Å². The summed E-state index contributed by atoms with van der Waals surface area (Å²) in [5.74, 6) is -0.769. The largest absolute Gasteiger partial charge is 0.389 e. The maximum atomic E-state index is 11.5. The van der Waals surface area contributed by atoms with Crippen molar-refractivity contribution < 1.29 is 19.5 Å². The van der Waals surface area contributed by atoms with E-state index >= 15 is 0 Å². The van der Waals surface area contributed by atoms with Crippen LogP contribution in [-0.2, 0) is 9.63 Å². The predicted molar refractivity (Wildman–Crippen MR) is 63.5 cm³/mol. The van der Waals surface area contributed by atoms with Crippen LogP contribution in [0.5, 0.6) is 0 Å². The van der Waals surface area contributed by atoms with Crippen molar-refractivity contribution in [3.05, 3.63) is 22.4 Å². The third-order valence-corrected chi connectivity index (χ3v) is 3.11. The third-order valence-electron chi connectivity index (χ3n) is 2.24. The number of carbonyl (C=O) groups excluding carboxylic acids is 2. The minimum absolute atomic E-state index is 0.0399. The molecule has 1 aromatic rings. The van der Waals surface area contributed by atoms with E-state index in [-0.39, 0.29) is 25.6 Å². The van der Waals surface area contributed by atoms with Crippen LogP contribution in [0.25, 0.3) is 0 Å². The van der Waals surface area contributed by atoms with E-state index in [1.165, 1.54) is 16.4 Å². The molecule has 0 saturated carbocycles. The molecule has 0 aliphatic carbocycles. The number of nitrogens with zero attached hydrogens (tertiary/aromatic N) is 1. The topological polar surface area (TPSA) is 90.9 Å². The van der Waals surface area contributed by atoms with Crippen molar-refractivity contribution in [3.8, 4) is 0 Å². The average Bonchev–Trinajstić information content (AvgIpc) is 2.97. The van der Waals surface area contributed by atoms with Gasteiger partial charge in [0.2, 0.25) is 0 Å². The van der Waals surface area contributed by atoms with Gasteiger partial charge in [0.05, 0.1) is 24.1 Å². The molecule has 1 saturated heterocycles. The van der Waals surface area contributed by atoms with Crippen molar-refractivity contribution in [2.75, 3.05) is 19.7 Å². The number of rotatable bonds is 3. The van der Waals surface area contributed by atoms with Crippen LogP contribution in [0.15, 0.2) is 17.5 Å². The molecule has 1 fully saturated rings. The second-order valence-electron chi connectivity index (χ2n) is 3.75. The van der Waals surface area contributed by atoms with Crippen LogP contribution in [0.1, 0.15) is 9.67 Å². The van der Waals surface area contributed by atoms with Gasteiger partial charge in [-0.05, 0) is 11.4 Å². The lowest BCUT2D eigenvalue weighted by atomic mass is 10.4. The van der Waals surface area contributed by atoms with Gasteiger partial charge in [0.1, 0.15) is 6.54 Å². The highest BCUT2D eigenvalue weighted by Gasteiger charge is 2.23.